The van der Waals surface area contributed by atoms with E-state index in [9.17, 15) is 4.79 Å². The maximum absolute atomic E-state index is 11.9. The summed E-state index contributed by atoms with van der Waals surface area (Å²) >= 11 is 5.89. The number of amides is 1. The molecule has 0 aromatic carbocycles. The number of hydrogen-bond acceptors (Lipinski definition) is 3. The number of nitrogens with zero attached hydrogens (tertiary/aromatic N) is 1. The molecular formula is C12H14ClN3O. The van der Waals surface area contributed by atoms with Gasteiger partial charge < -0.3 is 10.6 Å². The minimum Gasteiger partial charge on any atom is -0.362 e. The van der Waals surface area contributed by atoms with Gasteiger partial charge in [0.05, 0.1) is 10.7 Å². The van der Waals surface area contributed by atoms with Gasteiger partial charge in [-0.05, 0) is 18.9 Å². The Hall–Kier alpha value is -1.29. The van der Waals surface area contributed by atoms with Crippen LogP contribution < -0.4 is 10.6 Å². The number of carbonyl (C=O) groups is 1. The second-order valence-electron chi connectivity index (χ2n) is 4.89. The van der Waals surface area contributed by atoms with Crippen molar-refractivity contribution >= 4 is 29.0 Å². The van der Waals surface area contributed by atoms with Crippen molar-refractivity contribution in [1.29, 1.82) is 0 Å². The third-order valence-corrected chi connectivity index (χ3v) is 3.78. The summed E-state index contributed by atoms with van der Waals surface area (Å²) in [5, 5.41) is 6.84. The third-order valence-electron chi connectivity index (χ3n) is 3.57. The molecular weight excluding hydrogens is 238 g/mol. The van der Waals surface area contributed by atoms with E-state index in [1.807, 2.05) is 0 Å². The van der Waals surface area contributed by atoms with Crippen molar-refractivity contribution in [3.63, 3.8) is 0 Å². The van der Waals surface area contributed by atoms with Gasteiger partial charge in [-0.3, -0.25) is 4.79 Å². The Morgan fingerprint density at radius 2 is 2.12 bits per heavy atom. The molecule has 1 aromatic heterocycles. The van der Waals surface area contributed by atoms with Crippen LogP contribution in [-0.4, -0.2) is 16.4 Å². The summed E-state index contributed by atoms with van der Waals surface area (Å²) < 4.78 is 0. The van der Waals surface area contributed by atoms with Gasteiger partial charge in [0.25, 0.3) is 0 Å². The molecule has 2 aliphatic rings. The molecule has 1 saturated carbocycles. The van der Waals surface area contributed by atoms with Crippen molar-refractivity contribution in [2.75, 3.05) is 10.6 Å². The lowest BCUT2D eigenvalue weighted by Crippen LogP contribution is -2.37. The lowest BCUT2D eigenvalue weighted by atomic mass is 9.93. The van der Waals surface area contributed by atoms with Crippen LogP contribution in [0.1, 0.15) is 32.1 Å². The molecule has 0 saturated heterocycles. The number of aromatic nitrogens is 1. The van der Waals surface area contributed by atoms with E-state index >= 15 is 0 Å². The highest BCUT2D eigenvalue weighted by Crippen LogP contribution is 2.39. The number of hydrogen-bond donors (Lipinski definition) is 2. The zero-order valence-corrected chi connectivity index (χ0v) is 10.2. The second kappa shape index (κ2) is 3.88. The first-order chi connectivity index (χ1) is 8.17. The second-order valence-corrected chi connectivity index (χ2v) is 5.32. The highest BCUT2D eigenvalue weighted by Gasteiger charge is 2.38. The van der Waals surface area contributed by atoms with Crippen molar-refractivity contribution in [2.45, 2.75) is 37.6 Å². The quantitative estimate of drug-likeness (QED) is 0.746. The molecule has 0 bridgehead atoms. The first kappa shape index (κ1) is 10.8. The molecule has 0 atom stereocenters. The maximum Gasteiger partial charge on any atom is 0.226 e. The number of rotatable bonds is 0. The first-order valence-corrected chi connectivity index (χ1v) is 6.28. The first-order valence-electron chi connectivity index (χ1n) is 5.91. The van der Waals surface area contributed by atoms with Crippen LogP contribution in [0.15, 0.2) is 12.3 Å². The van der Waals surface area contributed by atoms with Crippen LogP contribution in [0, 0.1) is 0 Å². The van der Waals surface area contributed by atoms with Crippen molar-refractivity contribution in [3.05, 3.63) is 17.3 Å². The molecule has 1 aromatic rings. The zero-order chi connectivity index (χ0) is 11.9. The van der Waals surface area contributed by atoms with E-state index in [1.54, 1.807) is 12.3 Å². The molecule has 4 nitrogen and oxygen atoms in total. The Morgan fingerprint density at radius 1 is 1.35 bits per heavy atom. The normalized spacial score (nSPS) is 21.6. The molecule has 17 heavy (non-hydrogen) atoms. The molecule has 90 valence electrons. The number of carbonyl (C=O) groups excluding carboxylic acids is 1. The summed E-state index contributed by atoms with van der Waals surface area (Å²) in [5.74, 6) is 0.782. The van der Waals surface area contributed by atoms with Gasteiger partial charge in [-0.25, -0.2) is 4.98 Å². The Bertz CT molecular complexity index is 469. The number of pyridine rings is 1. The molecule has 3 rings (SSSR count). The van der Waals surface area contributed by atoms with E-state index in [0.717, 1.165) is 18.7 Å². The highest BCUT2D eigenvalue weighted by atomic mass is 35.5. The Kier molecular flexibility index (Phi) is 2.47. The van der Waals surface area contributed by atoms with Crippen LogP contribution in [-0.2, 0) is 4.79 Å². The largest absolute Gasteiger partial charge is 0.362 e. The summed E-state index contributed by atoms with van der Waals surface area (Å²) in [7, 11) is 0. The van der Waals surface area contributed by atoms with Crippen LogP contribution in [0.3, 0.4) is 0 Å². The number of fused-ring (bicyclic) bond motifs is 1. The van der Waals surface area contributed by atoms with Crippen LogP contribution in [0.4, 0.5) is 11.5 Å². The molecule has 1 aliphatic heterocycles. The number of halogens is 1. The standard InChI is InChI=1S/C12H14ClN3O/c13-8-5-9-11(14-7-8)16-12(3-1-2-4-12)6-10(17)15-9/h5,7H,1-4,6H2,(H,14,16)(H,15,17). The lowest BCUT2D eigenvalue weighted by Gasteiger charge is -2.28. The molecule has 1 fully saturated rings. The fourth-order valence-corrected chi connectivity index (χ4v) is 2.94. The minimum absolute atomic E-state index is 0.0437. The monoisotopic (exact) mass is 251 g/mol. The molecule has 2 N–H and O–H groups in total. The SMILES string of the molecule is O=C1CC2(CCCC2)Nc2ncc(Cl)cc2N1. The maximum atomic E-state index is 11.9. The minimum atomic E-state index is -0.101. The third kappa shape index (κ3) is 1.97. The molecule has 1 aliphatic carbocycles. The molecule has 1 amide bonds. The fraction of sp³-hybridized carbons (Fsp3) is 0.500. The van der Waals surface area contributed by atoms with Crippen molar-refractivity contribution in [1.82, 2.24) is 4.98 Å². The summed E-state index contributed by atoms with van der Waals surface area (Å²) in [6.07, 6.45) is 6.52. The van der Waals surface area contributed by atoms with Gasteiger partial charge in [0.15, 0.2) is 0 Å². The van der Waals surface area contributed by atoms with Gasteiger partial charge in [-0.15, -0.1) is 0 Å². The molecule has 0 radical (unpaired) electrons. The van der Waals surface area contributed by atoms with Gasteiger partial charge in [0.1, 0.15) is 5.82 Å². The predicted molar refractivity (Wildman–Crippen MR) is 67.3 cm³/mol. The highest BCUT2D eigenvalue weighted by molar-refractivity contribution is 6.30. The van der Waals surface area contributed by atoms with E-state index in [4.69, 9.17) is 11.6 Å². The van der Waals surface area contributed by atoms with E-state index < -0.39 is 0 Å². The van der Waals surface area contributed by atoms with Gasteiger partial charge in [0, 0.05) is 18.2 Å². The number of nitrogens with one attached hydrogen (secondary N) is 2. The summed E-state index contributed by atoms with van der Waals surface area (Å²) in [5.41, 5.74) is 0.585. The van der Waals surface area contributed by atoms with E-state index in [-0.39, 0.29) is 11.4 Å². The van der Waals surface area contributed by atoms with Crippen LogP contribution in [0.5, 0.6) is 0 Å². The van der Waals surface area contributed by atoms with Gasteiger partial charge >= 0.3 is 0 Å². The smallest absolute Gasteiger partial charge is 0.226 e. The lowest BCUT2D eigenvalue weighted by molar-refractivity contribution is -0.117. The topological polar surface area (TPSA) is 54.0 Å². The summed E-state index contributed by atoms with van der Waals surface area (Å²) in [6.45, 7) is 0. The van der Waals surface area contributed by atoms with E-state index in [2.05, 4.69) is 15.6 Å². The summed E-state index contributed by atoms with van der Waals surface area (Å²) in [6, 6.07) is 1.74. The molecule has 1 spiro atoms. The van der Waals surface area contributed by atoms with Crippen LogP contribution in [0.2, 0.25) is 5.02 Å². The number of anilines is 2. The van der Waals surface area contributed by atoms with E-state index in [1.165, 1.54) is 12.8 Å². The average Bonchev–Trinajstić information content (AvgIpc) is 2.64. The van der Waals surface area contributed by atoms with Crippen molar-refractivity contribution < 1.29 is 4.79 Å². The fourth-order valence-electron chi connectivity index (χ4n) is 2.78. The molecule has 0 unspecified atom stereocenters. The Labute approximate surface area is 105 Å². The Balaban J connectivity index is 2.01. The van der Waals surface area contributed by atoms with Crippen molar-refractivity contribution in [3.8, 4) is 0 Å². The Morgan fingerprint density at radius 3 is 2.88 bits per heavy atom. The molecule has 5 heteroatoms. The van der Waals surface area contributed by atoms with Crippen LogP contribution in [0.25, 0.3) is 0 Å². The van der Waals surface area contributed by atoms with Gasteiger partial charge in [-0.1, -0.05) is 24.4 Å². The average molecular weight is 252 g/mol. The van der Waals surface area contributed by atoms with E-state index in [0.29, 0.717) is 17.1 Å². The predicted octanol–water partition coefficient (Wildman–Crippen LogP) is 2.80. The van der Waals surface area contributed by atoms with Gasteiger partial charge in [0.2, 0.25) is 5.91 Å². The molecule has 2 heterocycles. The van der Waals surface area contributed by atoms with Crippen LogP contribution >= 0.6 is 11.6 Å². The van der Waals surface area contributed by atoms with Gasteiger partial charge in [-0.2, -0.15) is 0 Å². The summed E-state index contributed by atoms with van der Waals surface area (Å²) in [4.78, 5) is 16.2. The van der Waals surface area contributed by atoms with Crippen molar-refractivity contribution in [2.24, 2.45) is 0 Å². The zero-order valence-electron chi connectivity index (χ0n) is 9.42.